The molecule has 5 rings (SSSR count). The zero-order valence-corrected chi connectivity index (χ0v) is 12.3. The van der Waals surface area contributed by atoms with Crippen LogP contribution in [0, 0.1) is 0 Å². The summed E-state index contributed by atoms with van der Waals surface area (Å²) in [5, 5.41) is 1.95. The molecule has 0 amide bonds. The lowest BCUT2D eigenvalue weighted by Gasteiger charge is -2.20. The maximum absolute atomic E-state index is 13.1. The van der Waals surface area contributed by atoms with Gasteiger partial charge in [0.15, 0.2) is 0 Å². The highest BCUT2D eigenvalue weighted by atomic mass is 32.2. The highest BCUT2D eigenvalue weighted by molar-refractivity contribution is 7.90. The van der Waals surface area contributed by atoms with Crippen LogP contribution in [0.4, 0.5) is 0 Å². The second-order valence-electron chi connectivity index (χ2n) is 5.48. The molecule has 0 aliphatic carbocycles. The predicted octanol–water partition coefficient (Wildman–Crippen LogP) is 4.01. The summed E-state index contributed by atoms with van der Waals surface area (Å²) < 4.78 is 27.7. The van der Waals surface area contributed by atoms with Crippen molar-refractivity contribution in [2.75, 3.05) is 0 Å². The molecule has 1 aliphatic heterocycles. The number of aromatic nitrogens is 1. The van der Waals surface area contributed by atoms with E-state index in [4.69, 9.17) is 0 Å². The lowest BCUT2D eigenvalue weighted by atomic mass is 10.0. The molecule has 4 heteroatoms. The van der Waals surface area contributed by atoms with Crippen LogP contribution in [-0.2, 0) is 10.0 Å². The van der Waals surface area contributed by atoms with Gasteiger partial charge in [-0.2, -0.15) is 0 Å². The van der Waals surface area contributed by atoms with E-state index in [9.17, 15) is 8.42 Å². The Morgan fingerprint density at radius 2 is 1.36 bits per heavy atom. The second kappa shape index (κ2) is 3.78. The summed E-state index contributed by atoms with van der Waals surface area (Å²) in [4.78, 5) is 0.372. The van der Waals surface area contributed by atoms with Crippen molar-refractivity contribution in [2.45, 2.75) is 4.90 Å². The van der Waals surface area contributed by atoms with Crippen LogP contribution in [0.3, 0.4) is 0 Å². The first-order chi connectivity index (χ1) is 10.7. The molecule has 0 N–H and O–H groups in total. The van der Waals surface area contributed by atoms with Crippen molar-refractivity contribution in [3.63, 3.8) is 0 Å². The third-order valence-electron chi connectivity index (χ3n) is 4.35. The van der Waals surface area contributed by atoms with Gasteiger partial charge in [-0.1, -0.05) is 54.6 Å². The lowest BCUT2D eigenvalue weighted by molar-refractivity contribution is 0.590. The average Bonchev–Trinajstić information content (AvgIpc) is 2.89. The Morgan fingerprint density at radius 3 is 2.27 bits per heavy atom. The Morgan fingerprint density at radius 1 is 0.682 bits per heavy atom. The van der Waals surface area contributed by atoms with Crippen molar-refractivity contribution >= 4 is 31.8 Å². The van der Waals surface area contributed by atoms with Crippen molar-refractivity contribution in [3.8, 4) is 11.1 Å². The maximum Gasteiger partial charge on any atom is 0.269 e. The molecule has 0 unspecified atom stereocenters. The van der Waals surface area contributed by atoms with Gasteiger partial charge in [-0.15, -0.1) is 0 Å². The minimum absolute atomic E-state index is 0.372. The summed E-state index contributed by atoms with van der Waals surface area (Å²) in [5.41, 5.74) is 3.27. The van der Waals surface area contributed by atoms with E-state index >= 15 is 0 Å². The molecule has 1 aliphatic rings. The van der Waals surface area contributed by atoms with Crippen molar-refractivity contribution < 1.29 is 8.42 Å². The van der Waals surface area contributed by atoms with Crippen molar-refractivity contribution in [2.24, 2.45) is 0 Å². The van der Waals surface area contributed by atoms with Crippen molar-refractivity contribution in [3.05, 3.63) is 66.7 Å². The average molecular weight is 305 g/mol. The quantitative estimate of drug-likeness (QED) is 0.433. The van der Waals surface area contributed by atoms with Gasteiger partial charge in [0.2, 0.25) is 0 Å². The van der Waals surface area contributed by atoms with E-state index in [-0.39, 0.29) is 0 Å². The summed E-state index contributed by atoms with van der Waals surface area (Å²) >= 11 is 0. The second-order valence-corrected chi connectivity index (χ2v) is 7.24. The van der Waals surface area contributed by atoms with Gasteiger partial charge >= 0.3 is 0 Å². The van der Waals surface area contributed by atoms with E-state index in [1.165, 1.54) is 3.97 Å². The third-order valence-corrected chi connectivity index (χ3v) is 6.12. The number of para-hydroxylation sites is 2. The number of hydrogen-bond acceptors (Lipinski definition) is 2. The number of rotatable bonds is 0. The van der Waals surface area contributed by atoms with Crippen LogP contribution < -0.4 is 0 Å². The molecule has 0 bridgehead atoms. The molecule has 4 aromatic rings. The number of benzene rings is 3. The molecule has 0 spiro atoms. The number of fused-ring (bicyclic) bond motifs is 5. The Balaban J connectivity index is 2.19. The van der Waals surface area contributed by atoms with E-state index in [2.05, 4.69) is 0 Å². The van der Waals surface area contributed by atoms with Crippen LogP contribution >= 0.6 is 0 Å². The van der Waals surface area contributed by atoms with Gasteiger partial charge < -0.3 is 0 Å². The smallest absolute Gasteiger partial charge is 0.233 e. The first-order valence-corrected chi connectivity index (χ1v) is 8.51. The Kier molecular flexibility index (Phi) is 2.06. The normalized spacial score (nSPS) is 15.1. The third kappa shape index (κ3) is 1.24. The molecule has 106 valence electrons. The molecule has 2 heterocycles. The summed E-state index contributed by atoms with van der Waals surface area (Å²) in [6.45, 7) is 0. The topological polar surface area (TPSA) is 39.1 Å². The Hall–Kier alpha value is -2.59. The van der Waals surface area contributed by atoms with Gasteiger partial charge in [0.25, 0.3) is 10.0 Å². The van der Waals surface area contributed by atoms with Crippen LogP contribution in [0.5, 0.6) is 0 Å². The summed E-state index contributed by atoms with van der Waals surface area (Å²) in [7, 11) is -3.57. The van der Waals surface area contributed by atoms with Gasteiger partial charge in [0.05, 0.1) is 15.9 Å². The SMILES string of the molecule is O=S1(=O)c2ccccc2-c2cccc3c4ccccc4n1c23. The van der Waals surface area contributed by atoms with Crippen LogP contribution in [0.1, 0.15) is 0 Å². The molecular weight excluding hydrogens is 294 g/mol. The van der Waals surface area contributed by atoms with Gasteiger partial charge in [0.1, 0.15) is 0 Å². The molecule has 1 aromatic heterocycles. The fraction of sp³-hybridized carbons (Fsp3) is 0. The van der Waals surface area contributed by atoms with E-state index in [0.717, 1.165) is 32.9 Å². The Labute approximate surface area is 127 Å². The van der Waals surface area contributed by atoms with Gasteiger partial charge in [-0.05, 0) is 12.1 Å². The number of hydrogen-bond donors (Lipinski definition) is 0. The van der Waals surface area contributed by atoms with Crippen LogP contribution in [0.2, 0.25) is 0 Å². The minimum Gasteiger partial charge on any atom is -0.233 e. The number of nitrogens with zero attached hydrogens (tertiary/aromatic N) is 1. The summed E-state index contributed by atoms with van der Waals surface area (Å²) in [6.07, 6.45) is 0. The fourth-order valence-electron chi connectivity index (χ4n) is 3.46. The van der Waals surface area contributed by atoms with E-state index in [0.29, 0.717) is 4.90 Å². The first-order valence-electron chi connectivity index (χ1n) is 7.07. The largest absolute Gasteiger partial charge is 0.269 e. The Bertz CT molecular complexity index is 1190. The highest BCUT2D eigenvalue weighted by Gasteiger charge is 2.31. The monoisotopic (exact) mass is 305 g/mol. The van der Waals surface area contributed by atoms with Gasteiger partial charge in [-0.3, -0.25) is 0 Å². The zero-order valence-electron chi connectivity index (χ0n) is 11.5. The molecule has 0 fully saturated rings. The highest BCUT2D eigenvalue weighted by Crippen LogP contribution is 2.43. The molecule has 0 saturated carbocycles. The maximum atomic E-state index is 13.1. The minimum atomic E-state index is -3.57. The predicted molar refractivity (Wildman–Crippen MR) is 87.5 cm³/mol. The molecule has 3 aromatic carbocycles. The van der Waals surface area contributed by atoms with Crippen LogP contribution in [-0.4, -0.2) is 12.4 Å². The molecule has 0 saturated heterocycles. The molecule has 3 nitrogen and oxygen atoms in total. The van der Waals surface area contributed by atoms with Crippen molar-refractivity contribution in [1.29, 1.82) is 0 Å². The van der Waals surface area contributed by atoms with Crippen molar-refractivity contribution in [1.82, 2.24) is 3.97 Å². The van der Waals surface area contributed by atoms with Crippen LogP contribution in [0.25, 0.3) is 32.9 Å². The van der Waals surface area contributed by atoms with Gasteiger partial charge in [-0.25, -0.2) is 12.4 Å². The molecule has 22 heavy (non-hydrogen) atoms. The van der Waals surface area contributed by atoms with Gasteiger partial charge in [0, 0.05) is 21.9 Å². The van der Waals surface area contributed by atoms with E-state index in [1.807, 2.05) is 54.6 Å². The standard InChI is InChI=1S/C18H11NO2S/c20-22(21)17-11-4-2-7-13(17)15-9-5-8-14-12-6-1-3-10-16(12)19(22)18(14)15/h1-11H. The van der Waals surface area contributed by atoms with E-state index < -0.39 is 10.0 Å². The molecule has 0 atom stereocenters. The lowest BCUT2D eigenvalue weighted by Crippen LogP contribution is -2.17. The summed E-state index contributed by atoms with van der Waals surface area (Å²) in [5.74, 6) is 0. The zero-order chi connectivity index (χ0) is 14.9. The molecular formula is C18H11NO2S. The summed E-state index contributed by atoms with van der Waals surface area (Å²) in [6, 6.07) is 20.8. The molecule has 0 radical (unpaired) electrons. The fourth-order valence-corrected chi connectivity index (χ4v) is 5.22. The van der Waals surface area contributed by atoms with Crippen LogP contribution in [0.15, 0.2) is 71.6 Å². The van der Waals surface area contributed by atoms with E-state index in [1.54, 1.807) is 12.1 Å². The first kappa shape index (κ1) is 12.0.